The van der Waals surface area contributed by atoms with Crippen molar-refractivity contribution >= 4 is 55.1 Å². The van der Waals surface area contributed by atoms with Crippen LogP contribution in [0.2, 0.25) is 11.0 Å². The largest absolute Gasteiger partial charge is 0.489 e. The second-order valence-corrected chi connectivity index (χ2v) is 9.61. The fourth-order valence-electron chi connectivity index (χ4n) is 4.86. The number of carbonyl (C=O) groups is 4. The second kappa shape index (κ2) is 10.0. The van der Waals surface area contributed by atoms with Crippen LogP contribution in [0.25, 0.3) is 0 Å². The van der Waals surface area contributed by atoms with Crippen LogP contribution in [0.4, 0.5) is 0 Å². The number of nitrogens with zero attached hydrogens (tertiary/aromatic N) is 3. The van der Waals surface area contributed by atoms with E-state index in [2.05, 4.69) is 0 Å². The zero-order valence-electron chi connectivity index (χ0n) is 20.5. The molecule has 2 unspecified atom stereocenters. The highest BCUT2D eigenvalue weighted by molar-refractivity contribution is 6.57. The summed E-state index contributed by atoms with van der Waals surface area (Å²) in [6, 6.07) is 11.4. The summed E-state index contributed by atoms with van der Waals surface area (Å²) in [6.45, 7) is 1.93. The molecule has 2 saturated heterocycles. The monoisotopic (exact) mass is 503 g/mol. The zero-order chi connectivity index (χ0) is 27.2. The standard InChI is InChI=1S/C25H21B4N3O6/c26-21-20(23(35)32(29)24(36)25(21,27)28)31-11-17-16(22(31)34)2-1-3-18(17)38-12-15-6-4-14(5-7-15)10-30-8-9-37-13-19(30)33/h1-7,20-21H,8-13H2. The van der Waals surface area contributed by atoms with Crippen LogP contribution in [0, 0.1) is 0 Å². The van der Waals surface area contributed by atoms with E-state index in [9.17, 15) is 19.2 Å². The highest BCUT2D eigenvalue weighted by Gasteiger charge is 2.52. The number of hydrogen-bond acceptors (Lipinski definition) is 6. The van der Waals surface area contributed by atoms with Crippen molar-refractivity contribution in [1.82, 2.24) is 14.6 Å². The minimum atomic E-state index is -2.12. The molecule has 5 rings (SSSR count). The van der Waals surface area contributed by atoms with Gasteiger partial charge in [-0.1, -0.05) is 30.3 Å². The van der Waals surface area contributed by atoms with Gasteiger partial charge in [0, 0.05) is 24.2 Å². The van der Waals surface area contributed by atoms with E-state index >= 15 is 0 Å². The maximum absolute atomic E-state index is 13.2. The number of fused-ring (bicyclic) bond motifs is 1. The second-order valence-electron chi connectivity index (χ2n) is 9.61. The van der Waals surface area contributed by atoms with Gasteiger partial charge >= 0.3 is 0 Å². The summed E-state index contributed by atoms with van der Waals surface area (Å²) in [5.41, 5.74) is 2.79. The molecule has 2 fully saturated rings. The number of piperidine rings is 1. The van der Waals surface area contributed by atoms with Gasteiger partial charge in [-0.05, 0) is 34.3 Å². The molecule has 13 heteroatoms. The Labute approximate surface area is 225 Å². The fourth-order valence-corrected chi connectivity index (χ4v) is 4.86. The van der Waals surface area contributed by atoms with E-state index in [4.69, 9.17) is 41.0 Å². The number of rotatable bonds is 6. The SMILES string of the molecule is [B]C1C(N2Cc3c(OCc4ccc(CN5CCOCC5=O)cc4)cccc3C2=O)C(=O)N([B])C(=O)C1([B])[B]. The van der Waals surface area contributed by atoms with Crippen LogP contribution >= 0.6 is 0 Å². The zero-order valence-corrected chi connectivity index (χ0v) is 20.5. The molecule has 3 aliphatic rings. The van der Waals surface area contributed by atoms with Crippen molar-refractivity contribution in [3.63, 3.8) is 0 Å². The molecular formula is C25H21B4N3O6. The Morgan fingerprint density at radius 2 is 1.74 bits per heavy atom. The van der Waals surface area contributed by atoms with Crippen LogP contribution in [0.1, 0.15) is 27.0 Å². The van der Waals surface area contributed by atoms with E-state index in [0.717, 1.165) is 11.1 Å². The maximum atomic E-state index is 13.2. The highest BCUT2D eigenvalue weighted by atomic mass is 16.5. The van der Waals surface area contributed by atoms with Crippen LogP contribution < -0.4 is 4.74 Å². The summed E-state index contributed by atoms with van der Waals surface area (Å²) in [7, 11) is 23.5. The normalized spacial score (nSPS) is 23.1. The minimum Gasteiger partial charge on any atom is -0.489 e. The third-order valence-electron chi connectivity index (χ3n) is 7.13. The number of morpholine rings is 1. The smallest absolute Gasteiger partial charge is 0.255 e. The predicted molar refractivity (Wildman–Crippen MR) is 138 cm³/mol. The summed E-state index contributed by atoms with van der Waals surface area (Å²) < 4.78 is 11.2. The lowest BCUT2D eigenvalue weighted by molar-refractivity contribution is -0.146. The molecule has 0 saturated carbocycles. The molecule has 0 aromatic heterocycles. The maximum Gasteiger partial charge on any atom is 0.255 e. The number of imide groups is 1. The third kappa shape index (κ3) is 4.53. The highest BCUT2D eigenvalue weighted by Crippen LogP contribution is 2.44. The van der Waals surface area contributed by atoms with Gasteiger partial charge in [0.1, 0.15) is 25.0 Å². The van der Waals surface area contributed by atoms with Crippen molar-refractivity contribution in [1.29, 1.82) is 0 Å². The van der Waals surface area contributed by atoms with Crippen molar-refractivity contribution in [2.24, 2.45) is 0 Å². The summed E-state index contributed by atoms with van der Waals surface area (Å²) >= 11 is 0. The molecule has 0 spiro atoms. The molecule has 38 heavy (non-hydrogen) atoms. The molecule has 9 nitrogen and oxygen atoms in total. The van der Waals surface area contributed by atoms with Crippen LogP contribution in [0.3, 0.4) is 0 Å². The Kier molecular flexibility index (Phi) is 6.90. The number of hydrogen-bond donors (Lipinski definition) is 0. The van der Waals surface area contributed by atoms with E-state index in [1.54, 1.807) is 23.1 Å². The Bertz CT molecular complexity index is 1300. The molecule has 184 valence electrons. The van der Waals surface area contributed by atoms with E-state index in [0.29, 0.717) is 41.4 Å². The molecule has 0 aliphatic carbocycles. The molecule has 2 aromatic rings. The molecule has 4 amide bonds. The average Bonchev–Trinajstić information content (AvgIpc) is 3.24. The molecule has 0 bridgehead atoms. The van der Waals surface area contributed by atoms with Gasteiger partial charge in [-0.15, -0.1) is 0 Å². The van der Waals surface area contributed by atoms with E-state index in [-0.39, 0.29) is 25.7 Å². The van der Waals surface area contributed by atoms with Gasteiger partial charge in [0.05, 0.1) is 36.7 Å². The first-order valence-electron chi connectivity index (χ1n) is 12.0. The average molecular weight is 503 g/mol. The quantitative estimate of drug-likeness (QED) is 0.401. The number of benzene rings is 2. The fraction of sp³-hybridized carbons (Fsp3) is 0.360. The number of carbonyl (C=O) groups excluding carboxylic acids is 4. The molecule has 8 radical (unpaired) electrons. The topological polar surface area (TPSA) is 96.5 Å². The van der Waals surface area contributed by atoms with Crippen molar-refractivity contribution < 1.29 is 28.7 Å². The number of ether oxygens (including phenoxy) is 2. The molecule has 3 heterocycles. The van der Waals surface area contributed by atoms with Gasteiger partial charge in [-0.2, -0.15) is 0 Å². The van der Waals surface area contributed by atoms with Gasteiger partial charge in [0.25, 0.3) is 5.91 Å². The van der Waals surface area contributed by atoms with E-state index in [1.807, 2.05) is 24.3 Å². The van der Waals surface area contributed by atoms with Crippen molar-refractivity contribution in [3.8, 4) is 5.75 Å². The summed E-state index contributed by atoms with van der Waals surface area (Å²) in [4.78, 5) is 53.5. The summed E-state index contributed by atoms with van der Waals surface area (Å²) in [5, 5.41) is -2.12. The van der Waals surface area contributed by atoms with Crippen molar-refractivity contribution in [3.05, 3.63) is 64.7 Å². The van der Waals surface area contributed by atoms with Crippen molar-refractivity contribution in [2.45, 2.75) is 36.8 Å². The number of amides is 4. The van der Waals surface area contributed by atoms with Crippen LogP contribution in [-0.2, 0) is 38.8 Å². The lowest BCUT2D eigenvalue weighted by atomic mass is 9.40. The first-order valence-corrected chi connectivity index (χ1v) is 12.0. The molecular weight excluding hydrogens is 482 g/mol. The lowest BCUT2D eigenvalue weighted by Gasteiger charge is -2.48. The minimum absolute atomic E-state index is 0.000920. The van der Waals surface area contributed by atoms with Gasteiger partial charge in [0.2, 0.25) is 25.7 Å². The van der Waals surface area contributed by atoms with Gasteiger partial charge in [-0.25, -0.2) is 0 Å². The predicted octanol–water partition coefficient (Wildman–Crippen LogP) is -0.189. The Morgan fingerprint density at radius 1 is 1.03 bits per heavy atom. The van der Waals surface area contributed by atoms with E-state index in [1.165, 1.54) is 4.90 Å². The van der Waals surface area contributed by atoms with Gasteiger partial charge in [0.15, 0.2) is 0 Å². The van der Waals surface area contributed by atoms with Gasteiger partial charge < -0.3 is 24.1 Å². The summed E-state index contributed by atoms with van der Waals surface area (Å²) in [5.74, 6) is -3.30. The summed E-state index contributed by atoms with van der Waals surface area (Å²) in [6.07, 6.45) is 0. The van der Waals surface area contributed by atoms with Crippen LogP contribution in [-0.4, -0.2) is 95.6 Å². The van der Waals surface area contributed by atoms with Gasteiger partial charge in [-0.3, -0.25) is 19.2 Å². The lowest BCUT2D eigenvalue weighted by Crippen LogP contribution is -2.62. The first kappa shape index (κ1) is 26.2. The van der Waals surface area contributed by atoms with E-state index < -0.39 is 34.8 Å². The molecule has 2 aromatic carbocycles. The Hall–Kier alpha value is -3.46. The first-order chi connectivity index (χ1) is 18.1. The van der Waals surface area contributed by atoms with Crippen molar-refractivity contribution in [2.75, 3.05) is 19.8 Å². The molecule has 0 N–H and O–H groups in total. The van der Waals surface area contributed by atoms with Crippen LogP contribution in [0.5, 0.6) is 5.75 Å². The molecule has 2 atom stereocenters. The molecule has 3 aliphatic heterocycles. The Morgan fingerprint density at radius 3 is 2.45 bits per heavy atom. The Balaban J connectivity index is 1.28. The van der Waals surface area contributed by atoms with Crippen LogP contribution in [0.15, 0.2) is 42.5 Å². The third-order valence-corrected chi connectivity index (χ3v) is 7.13.